The van der Waals surface area contributed by atoms with Crippen LogP contribution < -0.4 is 10.6 Å². The van der Waals surface area contributed by atoms with Crippen molar-refractivity contribution < 1.29 is 9.53 Å². The first-order valence-corrected chi connectivity index (χ1v) is 7.10. The highest BCUT2D eigenvalue weighted by Crippen LogP contribution is 2.28. The van der Waals surface area contributed by atoms with E-state index in [2.05, 4.69) is 15.6 Å². The summed E-state index contributed by atoms with van der Waals surface area (Å²) in [6.45, 7) is 1.72. The van der Waals surface area contributed by atoms with Crippen molar-refractivity contribution in [2.75, 3.05) is 25.1 Å². The maximum absolute atomic E-state index is 12.0. The molecule has 3 rings (SSSR count). The van der Waals surface area contributed by atoms with Crippen LogP contribution in [0.1, 0.15) is 0 Å². The number of hydrogen-bond donors (Lipinski definition) is 2. The summed E-state index contributed by atoms with van der Waals surface area (Å²) in [5.41, 5.74) is 0.831. The Morgan fingerprint density at radius 3 is 3.26 bits per heavy atom. The molecule has 1 aromatic carbocycles. The van der Waals surface area contributed by atoms with Crippen LogP contribution in [0.5, 0.6) is 0 Å². The Balaban J connectivity index is 1.75. The number of aromatic nitrogens is 1. The number of hydrogen-bond acceptors (Lipinski definition) is 5. The van der Waals surface area contributed by atoms with E-state index in [0.29, 0.717) is 29.9 Å². The molecule has 5 nitrogen and oxygen atoms in total. The van der Waals surface area contributed by atoms with Crippen molar-refractivity contribution in [1.29, 1.82) is 0 Å². The third-order valence-corrected chi connectivity index (χ3v) is 3.99. The molecule has 1 amide bonds. The molecule has 1 saturated heterocycles. The van der Waals surface area contributed by atoms with E-state index >= 15 is 0 Å². The van der Waals surface area contributed by atoms with E-state index in [1.165, 1.54) is 11.3 Å². The van der Waals surface area contributed by atoms with Crippen LogP contribution in [0, 0.1) is 0 Å². The number of ether oxygens (including phenoxy) is 1. The Hall–Kier alpha value is -1.21. The summed E-state index contributed by atoms with van der Waals surface area (Å²) in [7, 11) is 0. The van der Waals surface area contributed by atoms with E-state index in [1.54, 1.807) is 6.07 Å². The average molecular weight is 298 g/mol. The molecule has 2 N–H and O–H groups in total. The van der Waals surface area contributed by atoms with Gasteiger partial charge in [0.2, 0.25) is 5.91 Å². The minimum absolute atomic E-state index is 0.121. The van der Waals surface area contributed by atoms with Crippen molar-refractivity contribution in [3.63, 3.8) is 0 Å². The number of fused-ring (bicyclic) bond motifs is 1. The number of benzene rings is 1. The van der Waals surface area contributed by atoms with Crippen molar-refractivity contribution in [2.45, 2.75) is 6.04 Å². The van der Waals surface area contributed by atoms with Gasteiger partial charge in [-0.05, 0) is 18.2 Å². The van der Waals surface area contributed by atoms with Gasteiger partial charge in [0, 0.05) is 11.6 Å². The minimum Gasteiger partial charge on any atom is -0.378 e. The highest BCUT2D eigenvalue weighted by atomic mass is 35.5. The molecule has 1 aliphatic rings. The average Bonchev–Trinajstić information content (AvgIpc) is 2.81. The quantitative estimate of drug-likeness (QED) is 0.888. The zero-order valence-corrected chi connectivity index (χ0v) is 11.6. The summed E-state index contributed by atoms with van der Waals surface area (Å²) >= 11 is 7.33. The van der Waals surface area contributed by atoms with Gasteiger partial charge in [-0.25, -0.2) is 4.98 Å². The highest BCUT2D eigenvalue weighted by Gasteiger charge is 2.22. The van der Waals surface area contributed by atoms with Crippen LogP contribution in [0.2, 0.25) is 5.02 Å². The molecular weight excluding hydrogens is 286 g/mol. The SMILES string of the molecule is O=C(Nc1nc2ccc(Cl)cc2s1)C1COCCN1. The lowest BCUT2D eigenvalue weighted by atomic mass is 10.2. The molecule has 1 aliphatic heterocycles. The number of rotatable bonds is 2. The van der Waals surface area contributed by atoms with E-state index in [0.717, 1.165) is 10.2 Å². The number of halogens is 1. The Kier molecular flexibility index (Phi) is 3.65. The molecule has 1 atom stereocenters. The van der Waals surface area contributed by atoms with Gasteiger partial charge in [0.25, 0.3) is 0 Å². The van der Waals surface area contributed by atoms with Crippen LogP contribution in [0.15, 0.2) is 18.2 Å². The van der Waals surface area contributed by atoms with E-state index in [4.69, 9.17) is 16.3 Å². The first-order valence-electron chi connectivity index (χ1n) is 5.90. The largest absolute Gasteiger partial charge is 0.378 e. The number of carbonyl (C=O) groups excluding carboxylic acids is 1. The Bertz CT molecular complexity index is 610. The first kappa shape index (κ1) is 12.8. The molecule has 7 heteroatoms. The number of carbonyl (C=O) groups is 1. The number of morpholine rings is 1. The molecule has 19 heavy (non-hydrogen) atoms. The second-order valence-corrected chi connectivity index (χ2v) is 5.67. The van der Waals surface area contributed by atoms with Gasteiger partial charge >= 0.3 is 0 Å². The van der Waals surface area contributed by atoms with Gasteiger partial charge in [-0.1, -0.05) is 22.9 Å². The van der Waals surface area contributed by atoms with E-state index in [9.17, 15) is 4.79 Å². The van der Waals surface area contributed by atoms with Crippen molar-refractivity contribution in [2.24, 2.45) is 0 Å². The topological polar surface area (TPSA) is 63.2 Å². The molecule has 0 aliphatic carbocycles. The van der Waals surface area contributed by atoms with Gasteiger partial charge in [-0.2, -0.15) is 0 Å². The van der Waals surface area contributed by atoms with E-state index in [1.807, 2.05) is 12.1 Å². The molecular formula is C12H12ClN3O2S. The summed E-state index contributed by atoms with van der Waals surface area (Å²) in [6, 6.07) is 5.15. The molecule has 1 aromatic heterocycles. The van der Waals surface area contributed by atoms with Crippen LogP contribution in [0.25, 0.3) is 10.2 Å². The molecule has 0 radical (unpaired) electrons. The van der Waals surface area contributed by atoms with Gasteiger partial charge < -0.3 is 15.4 Å². The number of amides is 1. The highest BCUT2D eigenvalue weighted by molar-refractivity contribution is 7.22. The molecule has 0 spiro atoms. The third-order valence-electron chi connectivity index (χ3n) is 2.82. The van der Waals surface area contributed by atoms with Crippen LogP contribution in [-0.4, -0.2) is 36.7 Å². The van der Waals surface area contributed by atoms with Gasteiger partial charge in [0.1, 0.15) is 6.04 Å². The van der Waals surface area contributed by atoms with Crippen LogP contribution in [0.3, 0.4) is 0 Å². The normalized spacial score (nSPS) is 19.5. The van der Waals surface area contributed by atoms with E-state index in [-0.39, 0.29) is 11.9 Å². The molecule has 0 saturated carbocycles. The number of nitrogens with zero attached hydrogens (tertiary/aromatic N) is 1. The molecule has 2 aromatic rings. The zero-order valence-electron chi connectivity index (χ0n) is 9.98. The molecule has 0 bridgehead atoms. The summed E-state index contributed by atoms with van der Waals surface area (Å²) in [6.07, 6.45) is 0. The van der Waals surface area contributed by atoms with Crippen LogP contribution in [-0.2, 0) is 9.53 Å². The van der Waals surface area contributed by atoms with Gasteiger partial charge in [-0.3, -0.25) is 4.79 Å². The van der Waals surface area contributed by atoms with Crippen LogP contribution >= 0.6 is 22.9 Å². The van der Waals surface area contributed by atoms with Crippen LogP contribution in [0.4, 0.5) is 5.13 Å². The Morgan fingerprint density at radius 2 is 2.47 bits per heavy atom. The fourth-order valence-electron chi connectivity index (χ4n) is 1.88. The van der Waals surface area contributed by atoms with Gasteiger partial charge in [0.05, 0.1) is 23.4 Å². The minimum atomic E-state index is -0.315. The Morgan fingerprint density at radius 1 is 1.58 bits per heavy atom. The van der Waals surface area contributed by atoms with Gasteiger partial charge in [0.15, 0.2) is 5.13 Å². The smallest absolute Gasteiger partial charge is 0.245 e. The fourth-order valence-corrected chi connectivity index (χ4v) is 3.02. The zero-order chi connectivity index (χ0) is 13.2. The van der Waals surface area contributed by atoms with Crippen molar-refractivity contribution in [3.05, 3.63) is 23.2 Å². The lowest BCUT2D eigenvalue weighted by Gasteiger charge is -2.22. The van der Waals surface area contributed by atoms with Crippen molar-refractivity contribution in [1.82, 2.24) is 10.3 Å². The second kappa shape index (κ2) is 5.42. The fraction of sp³-hybridized carbons (Fsp3) is 0.333. The summed E-state index contributed by atoms with van der Waals surface area (Å²) < 4.78 is 6.21. The number of thiazole rings is 1. The lowest BCUT2D eigenvalue weighted by Crippen LogP contribution is -2.48. The third kappa shape index (κ3) is 2.87. The summed E-state index contributed by atoms with van der Waals surface area (Å²) in [5.74, 6) is -0.121. The molecule has 2 heterocycles. The molecule has 1 unspecified atom stereocenters. The predicted octanol–water partition coefficient (Wildman–Crippen LogP) is 1.88. The monoisotopic (exact) mass is 297 g/mol. The van der Waals surface area contributed by atoms with Crippen molar-refractivity contribution >= 4 is 44.2 Å². The van der Waals surface area contributed by atoms with Crippen molar-refractivity contribution in [3.8, 4) is 0 Å². The lowest BCUT2D eigenvalue weighted by molar-refractivity contribution is -0.120. The summed E-state index contributed by atoms with van der Waals surface area (Å²) in [4.78, 5) is 16.3. The second-order valence-electron chi connectivity index (χ2n) is 4.20. The molecule has 1 fully saturated rings. The predicted molar refractivity (Wildman–Crippen MR) is 75.9 cm³/mol. The van der Waals surface area contributed by atoms with Gasteiger partial charge in [-0.15, -0.1) is 0 Å². The maximum atomic E-state index is 12.0. The number of nitrogens with one attached hydrogen (secondary N) is 2. The standard InChI is InChI=1S/C12H12ClN3O2S/c13-7-1-2-8-10(5-7)19-12(15-8)16-11(17)9-6-18-4-3-14-9/h1-2,5,9,14H,3-4,6H2,(H,15,16,17). The number of anilines is 1. The Labute approximate surface area is 118 Å². The maximum Gasteiger partial charge on any atom is 0.245 e. The van der Waals surface area contributed by atoms with E-state index < -0.39 is 0 Å². The summed E-state index contributed by atoms with van der Waals surface area (Å²) in [5, 5.41) is 7.15. The molecule has 100 valence electrons. The first-order chi connectivity index (χ1) is 9.22.